The van der Waals surface area contributed by atoms with Crippen molar-refractivity contribution in [3.8, 4) is 79.1 Å². The minimum absolute atomic E-state index is 0.595. The van der Waals surface area contributed by atoms with E-state index >= 15 is 0 Å². The molecule has 0 radical (unpaired) electrons. The highest BCUT2D eigenvalue weighted by molar-refractivity contribution is 6.39. The van der Waals surface area contributed by atoms with Crippen LogP contribution in [0.3, 0.4) is 0 Å². The van der Waals surface area contributed by atoms with E-state index in [2.05, 4.69) is 321 Å². The molecule has 0 saturated carbocycles. The third-order valence-electron chi connectivity index (χ3n) is 22.4. The smallest absolute Gasteiger partial charge is 0.164 e. The first-order valence-electron chi connectivity index (χ1n) is 35.5. The molecule has 24 aromatic rings. The average Bonchev–Trinajstić information content (AvgIpc) is 1.51. The third-order valence-corrected chi connectivity index (χ3v) is 22.4. The highest BCUT2D eigenvalue weighted by atomic mass is 15.0. The van der Waals surface area contributed by atoms with Gasteiger partial charge in [-0.15, -0.1) is 0 Å². The van der Waals surface area contributed by atoms with Crippen molar-refractivity contribution in [3.63, 3.8) is 0 Å². The molecule has 9 nitrogen and oxygen atoms in total. The molecule has 0 fully saturated rings. The Bertz CT molecular complexity index is 7810. The Labute approximate surface area is 592 Å². The van der Waals surface area contributed by atoms with E-state index in [4.69, 9.17) is 24.9 Å². The van der Waals surface area contributed by atoms with Gasteiger partial charge in [-0.25, -0.2) is 24.9 Å². The van der Waals surface area contributed by atoms with Crippen molar-refractivity contribution in [1.82, 2.24) is 42.5 Å². The molecule has 16 aromatic carbocycles. The summed E-state index contributed by atoms with van der Waals surface area (Å²) in [7, 11) is 0. The van der Waals surface area contributed by atoms with Gasteiger partial charge in [-0.3, -0.25) is 0 Å². The van der Waals surface area contributed by atoms with Gasteiger partial charge in [0, 0.05) is 76.3 Å². The van der Waals surface area contributed by atoms with Crippen LogP contribution in [-0.2, 0) is 0 Å². The number of benzene rings is 16. The molecule has 0 N–H and O–H groups in total. The molecule has 0 bridgehead atoms. The van der Waals surface area contributed by atoms with Crippen LogP contribution in [-0.4, -0.2) is 42.5 Å². The molecule has 0 aliphatic heterocycles. The summed E-state index contributed by atoms with van der Waals surface area (Å²) in [6, 6.07) is 117. The van der Waals surface area contributed by atoms with Crippen LogP contribution in [0.4, 0.5) is 0 Å². The van der Waals surface area contributed by atoms with Crippen molar-refractivity contribution < 1.29 is 0 Å². The van der Waals surface area contributed by atoms with Crippen molar-refractivity contribution in [2.45, 2.75) is 0 Å². The van der Waals surface area contributed by atoms with E-state index in [0.717, 1.165) is 105 Å². The maximum atomic E-state index is 5.49. The predicted molar refractivity (Wildman–Crippen MR) is 430 cm³/mol. The van der Waals surface area contributed by atoms with Crippen LogP contribution in [0.5, 0.6) is 0 Å². The van der Waals surface area contributed by atoms with Gasteiger partial charge in [-0.1, -0.05) is 237 Å². The minimum atomic E-state index is 0.595. The fourth-order valence-corrected chi connectivity index (χ4v) is 18.1. The van der Waals surface area contributed by atoms with Crippen LogP contribution in [0, 0.1) is 0 Å². The number of para-hydroxylation sites is 6. The van der Waals surface area contributed by atoms with Gasteiger partial charge in [0.2, 0.25) is 0 Å². The number of aromatic nitrogens is 9. The summed E-state index contributed by atoms with van der Waals surface area (Å²) in [6.07, 6.45) is 0. The monoisotopic (exact) mass is 1320 g/mol. The molecule has 0 saturated heterocycles. The summed E-state index contributed by atoms with van der Waals surface area (Å²) >= 11 is 0. The number of hydrogen-bond acceptors (Lipinski definition) is 5. The second-order valence-electron chi connectivity index (χ2n) is 27.8. The molecule has 0 unspecified atom stereocenters. The van der Waals surface area contributed by atoms with Crippen molar-refractivity contribution in [1.29, 1.82) is 0 Å². The second-order valence-corrected chi connectivity index (χ2v) is 27.8. The van der Waals surface area contributed by atoms with Gasteiger partial charge in [-0.2, -0.15) is 0 Å². The normalized spacial score (nSPS) is 12.4. The summed E-state index contributed by atoms with van der Waals surface area (Å²) < 4.78 is 10.0. The molecule has 0 atom stereocenters. The topological polar surface area (TPSA) is 82.1 Å². The van der Waals surface area contributed by atoms with E-state index in [1.807, 2.05) is 18.2 Å². The molecular formula is C95H53N9. The third kappa shape index (κ3) is 7.52. The molecule has 478 valence electrons. The molecule has 0 aliphatic rings. The molecule has 0 amide bonds. The van der Waals surface area contributed by atoms with Gasteiger partial charge in [-0.05, 0) is 140 Å². The maximum Gasteiger partial charge on any atom is 0.164 e. The molecule has 24 rings (SSSR count). The molecular weight excluding hydrogens is 1270 g/mol. The Morgan fingerprint density at radius 1 is 0.173 bits per heavy atom. The highest BCUT2D eigenvalue weighted by Crippen LogP contribution is 2.51. The SMILES string of the molecule is c1ccc(-c2nc(-c3cccc(-c4ccc5c6c7ccccc7c7c8cc(-c9nc(-c%10ccccc%10)c%10ccccc%10n9)ccc8n8c9ccccc9n(c5c4)c6c78)c3)nc(-c3ccc(-c4ccc5c(c4)c4c6ccccc6c6c7ccccc7n7c8ccccc8n5c4c67)c4ccccc34)n2)cc1. The first-order chi connectivity index (χ1) is 51.6. The molecule has 9 heteroatoms. The molecule has 8 aromatic heterocycles. The second kappa shape index (κ2) is 20.7. The van der Waals surface area contributed by atoms with E-state index < -0.39 is 0 Å². The summed E-state index contributed by atoms with van der Waals surface area (Å²) in [6.45, 7) is 0. The van der Waals surface area contributed by atoms with Crippen molar-refractivity contribution in [2.24, 2.45) is 0 Å². The quantitative estimate of drug-likeness (QED) is 0.149. The van der Waals surface area contributed by atoms with Crippen molar-refractivity contribution >= 4 is 153 Å². The van der Waals surface area contributed by atoms with E-state index in [9.17, 15) is 0 Å². The Morgan fingerprint density at radius 2 is 0.548 bits per heavy atom. The van der Waals surface area contributed by atoms with Crippen LogP contribution >= 0.6 is 0 Å². The van der Waals surface area contributed by atoms with Crippen molar-refractivity contribution in [3.05, 3.63) is 322 Å². The maximum absolute atomic E-state index is 5.49. The first kappa shape index (κ1) is 55.7. The lowest BCUT2D eigenvalue weighted by Gasteiger charge is -2.14. The standard InChI is InChI=1S/C95H53N9/c1-3-22-54(23-4-1)87-69-34-13-15-36-74(69)96-93(97-87)60-44-49-77-73(52-60)86-67-33-12-10-31-65(67)84-71-45-42-57(53-82(71)104-81-41-20-19-40-80(81)103(77)91(86)89(84)104)56-26-21-27-59(50-56)94-98-92(55-24-5-2-6-25-55)99-95(100-94)68-47-46-61(62-28-7-8-29-63(62)68)58-43-48-76-72(51-58)85-66-32-11-9-30-64(66)83-70-35-14-16-37-75(70)101-78-38-17-18-39-79(78)102(76)90(85)88(83)101/h1-53H. The number of fused-ring (bicyclic) bond motifs is 26. The van der Waals surface area contributed by atoms with E-state index in [-0.39, 0.29) is 0 Å². The lowest BCUT2D eigenvalue weighted by Crippen LogP contribution is -2.01. The number of nitrogens with zero attached hydrogens (tertiary/aromatic N) is 9. The van der Waals surface area contributed by atoms with Crippen LogP contribution in [0.1, 0.15) is 0 Å². The average molecular weight is 1320 g/mol. The lowest BCUT2D eigenvalue weighted by atomic mass is 9.93. The summed E-state index contributed by atoms with van der Waals surface area (Å²) in [4.78, 5) is 26.8. The number of rotatable bonds is 7. The lowest BCUT2D eigenvalue weighted by molar-refractivity contribution is 1.08. The first-order valence-corrected chi connectivity index (χ1v) is 35.5. The zero-order valence-corrected chi connectivity index (χ0v) is 55.6. The van der Waals surface area contributed by atoms with Gasteiger partial charge >= 0.3 is 0 Å². The largest absolute Gasteiger partial charge is 0.305 e. The van der Waals surface area contributed by atoms with Crippen LogP contribution < -0.4 is 0 Å². The van der Waals surface area contributed by atoms with Crippen LogP contribution in [0.25, 0.3) is 232 Å². The Kier molecular flexibility index (Phi) is 11.1. The van der Waals surface area contributed by atoms with Gasteiger partial charge in [0.25, 0.3) is 0 Å². The molecule has 8 heterocycles. The van der Waals surface area contributed by atoms with Gasteiger partial charge < -0.3 is 17.6 Å². The minimum Gasteiger partial charge on any atom is -0.305 e. The highest BCUT2D eigenvalue weighted by Gasteiger charge is 2.29. The predicted octanol–water partition coefficient (Wildman–Crippen LogP) is 24.1. The molecule has 104 heavy (non-hydrogen) atoms. The van der Waals surface area contributed by atoms with Crippen LogP contribution in [0.2, 0.25) is 0 Å². The Morgan fingerprint density at radius 3 is 1.15 bits per heavy atom. The van der Waals surface area contributed by atoms with E-state index in [0.29, 0.717) is 23.3 Å². The Balaban J connectivity index is 0.661. The zero-order valence-electron chi connectivity index (χ0n) is 55.6. The van der Waals surface area contributed by atoms with Crippen molar-refractivity contribution in [2.75, 3.05) is 0 Å². The van der Waals surface area contributed by atoms with Gasteiger partial charge in [0.15, 0.2) is 23.3 Å². The van der Waals surface area contributed by atoms with E-state index in [1.54, 1.807) is 0 Å². The van der Waals surface area contributed by atoms with Crippen LogP contribution in [0.15, 0.2) is 322 Å². The van der Waals surface area contributed by atoms with Gasteiger partial charge in [0.05, 0.1) is 77.4 Å². The van der Waals surface area contributed by atoms with E-state index in [1.165, 1.54) is 103 Å². The molecule has 0 aliphatic carbocycles. The Hall–Kier alpha value is -14.2. The molecule has 0 spiro atoms. The number of hydrogen-bond donors (Lipinski definition) is 0. The van der Waals surface area contributed by atoms with Gasteiger partial charge in [0.1, 0.15) is 0 Å². The zero-order chi connectivity index (χ0) is 67.6. The summed E-state index contributed by atoms with van der Waals surface area (Å²) in [5.74, 6) is 2.50. The fraction of sp³-hybridized carbons (Fsp3) is 0. The summed E-state index contributed by atoms with van der Waals surface area (Å²) in [5.41, 5.74) is 25.2. The fourth-order valence-electron chi connectivity index (χ4n) is 18.1. The summed E-state index contributed by atoms with van der Waals surface area (Å²) in [5, 5.41) is 18.0.